The molecule has 1 fully saturated rings. The van der Waals surface area contributed by atoms with Gasteiger partial charge >= 0.3 is 0 Å². The van der Waals surface area contributed by atoms with E-state index in [4.69, 9.17) is 0 Å². The molecule has 2 unspecified atom stereocenters. The standard InChI is InChI=1S/C13H29N3O2S/c1-5-12(4)15-19(17,18)16-8-6-7-13(10-16)9-14-11(2)3/h11-15H,5-10H2,1-4H3. The Morgan fingerprint density at radius 3 is 2.58 bits per heavy atom. The molecular formula is C13H29N3O2S. The van der Waals surface area contributed by atoms with Gasteiger partial charge in [0.25, 0.3) is 10.2 Å². The van der Waals surface area contributed by atoms with Crippen molar-refractivity contribution < 1.29 is 8.42 Å². The molecule has 0 aliphatic carbocycles. The Kier molecular flexibility index (Phi) is 6.73. The van der Waals surface area contributed by atoms with E-state index in [1.165, 1.54) is 0 Å². The fourth-order valence-corrected chi connectivity index (χ4v) is 3.83. The van der Waals surface area contributed by atoms with E-state index in [0.29, 0.717) is 25.0 Å². The van der Waals surface area contributed by atoms with E-state index in [9.17, 15) is 8.42 Å². The first kappa shape index (κ1) is 16.9. The quantitative estimate of drug-likeness (QED) is 0.744. The van der Waals surface area contributed by atoms with E-state index >= 15 is 0 Å². The summed E-state index contributed by atoms with van der Waals surface area (Å²) < 4.78 is 28.8. The van der Waals surface area contributed by atoms with Crippen molar-refractivity contribution in [1.29, 1.82) is 0 Å². The number of hydrogen-bond donors (Lipinski definition) is 2. The van der Waals surface area contributed by atoms with E-state index in [1.807, 2.05) is 13.8 Å². The van der Waals surface area contributed by atoms with E-state index in [0.717, 1.165) is 25.8 Å². The van der Waals surface area contributed by atoms with Crippen molar-refractivity contribution in [2.45, 2.75) is 59.0 Å². The molecule has 1 saturated heterocycles. The molecule has 2 atom stereocenters. The van der Waals surface area contributed by atoms with Crippen LogP contribution in [0.5, 0.6) is 0 Å². The van der Waals surface area contributed by atoms with E-state index < -0.39 is 10.2 Å². The van der Waals surface area contributed by atoms with Crippen LogP contribution in [0.2, 0.25) is 0 Å². The Bertz CT molecular complexity index is 357. The number of hydrogen-bond acceptors (Lipinski definition) is 3. The molecule has 19 heavy (non-hydrogen) atoms. The molecule has 0 aromatic heterocycles. The van der Waals surface area contributed by atoms with Crippen LogP contribution in [0.3, 0.4) is 0 Å². The largest absolute Gasteiger partial charge is 0.314 e. The first-order valence-corrected chi connectivity index (χ1v) is 8.80. The van der Waals surface area contributed by atoms with Crippen LogP contribution in [0.15, 0.2) is 0 Å². The minimum Gasteiger partial charge on any atom is -0.314 e. The third-order valence-corrected chi connectivity index (χ3v) is 5.31. The van der Waals surface area contributed by atoms with Crippen LogP contribution >= 0.6 is 0 Å². The lowest BCUT2D eigenvalue weighted by molar-refractivity contribution is 0.253. The van der Waals surface area contributed by atoms with Gasteiger partial charge in [-0.05, 0) is 38.6 Å². The zero-order valence-electron chi connectivity index (χ0n) is 12.6. The summed E-state index contributed by atoms with van der Waals surface area (Å²) in [6.45, 7) is 10.3. The lowest BCUT2D eigenvalue weighted by atomic mass is 9.99. The van der Waals surface area contributed by atoms with Crippen LogP contribution < -0.4 is 10.0 Å². The second kappa shape index (κ2) is 7.57. The van der Waals surface area contributed by atoms with E-state index in [-0.39, 0.29) is 6.04 Å². The molecule has 5 nitrogen and oxygen atoms in total. The smallest absolute Gasteiger partial charge is 0.279 e. The Hall–Kier alpha value is -0.170. The molecule has 0 amide bonds. The van der Waals surface area contributed by atoms with Gasteiger partial charge in [0.1, 0.15) is 0 Å². The average Bonchev–Trinajstić information content (AvgIpc) is 2.36. The molecule has 1 aliphatic rings. The van der Waals surface area contributed by atoms with Gasteiger partial charge in [-0.25, -0.2) is 0 Å². The first-order valence-electron chi connectivity index (χ1n) is 7.36. The van der Waals surface area contributed by atoms with Crippen LogP contribution in [0.25, 0.3) is 0 Å². The third-order valence-electron chi connectivity index (χ3n) is 3.60. The first-order chi connectivity index (χ1) is 8.85. The second-order valence-corrected chi connectivity index (χ2v) is 7.56. The summed E-state index contributed by atoms with van der Waals surface area (Å²) in [5.74, 6) is 0.421. The summed E-state index contributed by atoms with van der Waals surface area (Å²) in [4.78, 5) is 0. The molecule has 6 heteroatoms. The maximum absolute atomic E-state index is 12.2. The van der Waals surface area contributed by atoms with Crippen LogP contribution in [0.4, 0.5) is 0 Å². The molecule has 0 spiro atoms. The van der Waals surface area contributed by atoms with Gasteiger partial charge in [0, 0.05) is 25.2 Å². The SMILES string of the molecule is CCC(C)NS(=O)(=O)N1CCCC(CNC(C)C)C1. The van der Waals surface area contributed by atoms with Gasteiger partial charge in [0.15, 0.2) is 0 Å². The minimum absolute atomic E-state index is 0.000773. The average molecular weight is 291 g/mol. The predicted molar refractivity (Wildman–Crippen MR) is 79.2 cm³/mol. The van der Waals surface area contributed by atoms with Crippen molar-refractivity contribution in [2.24, 2.45) is 5.92 Å². The topological polar surface area (TPSA) is 61.4 Å². The summed E-state index contributed by atoms with van der Waals surface area (Å²) >= 11 is 0. The Labute approximate surface area is 118 Å². The Morgan fingerprint density at radius 1 is 1.32 bits per heavy atom. The Morgan fingerprint density at radius 2 is 2.00 bits per heavy atom. The minimum atomic E-state index is -3.31. The van der Waals surface area contributed by atoms with Crippen molar-refractivity contribution in [3.05, 3.63) is 0 Å². The molecule has 0 aromatic rings. The molecule has 1 rings (SSSR count). The number of piperidine rings is 1. The van der Waals surface area contributed by atoms with Crippen LogP contribution in [-0.2, 0) is 10.2 Å². The monoisotopic (exact) mass is 291 g/mol. The fraction of sp³-hybridized carbons (Fsp3) is 1.00. The van der Waals surface area contributed by atoms with Gasteiger partial charge in [0.05, 0.1) is 0 Å². The van der Waals surface area contributed by atoms with Gasteiger partial charge in [-0.15, -0.1) is 0 Å². The summed E-state index contributed by atoms with van der Waals surface area (Å²) in [6, 6.07) is 0.449. The van der Waals surface area contributed by atoms with Crippen LogP contribution in [0.1, 0.15) is 47.0 Å². The molecular weight excluding hydrogens is 262 g/mol. The predicted octanol–water partition coefficient (Wildman–Crippen LogP) is 1.33. The van der Waals surface area contributed by atoms with Gasteiger partial charge in [0.2, 0.25) is 0 Å². The lowest BCUT2D eigenvalue weighted by Crippen LogP contribution is -2.49. The zero-order valence-corrected chi connectivity index (χ0v) is 13.5. The van der Waals surface area contributed by atoms with Gasteiger partial charge in [-0.2, -0.15) is 17.4 Å². The summed E-state index contributed by atoms with van der Waals surface area (Å²) in [6.07, 6.45) is 2.87. The van der Waals surface area contributed by atoms with E-state index in [2.05, 4.69) is 23.9 Å². The number of rotatable bonds is 7. The molecule has 0 aromatic carbocycles. The van der Waals surface area contributed by atoms with Crippen molar-refractivity contribution in [1.82, 2.24) is 14.3 Å². The van der Waals surface area contributed by atoms with Gasteiger partial charge < -0.3 is 5.32 Å². The van der Waals surface area contributed by atoms with Crippen molar-refractivity contribution in [2.75, 3.05) is 19.6 Å². The summed E-state index contributed by atoms with van der Waals surface area (Å²) in [7, 11) is -3.31. The highest BCUT2D eigenvalue weighted by atomic mass is 32.2. The van der Waals surface area contributed by atoms with Gasteiger partial charge in [-0.1, -0.05) is 20.8 Å². The highest BCUT2D eigenvalue weighted by Gasteiger charge is 2.29. The van der Waals surface area contributed by atoms with Crippen molar-refractivity contribution in [3.63, 3.8) is 0 Å². The summed E-state index contributed by atoms with van der Waals surface area (Å²) in [5.41, 5.74) is 0. The van der Waals surface area contributed by atoms with Crippen LogP contribution in [0, 0.1) is 5.92 Å². The highest BCUT2D eigenvalue weighted by Crippen LogP contribution is 2.18. The normalized spacial score (nSPS) is 23.7. The maximum atomic E-state index is 12.2. The third kappa shape index (κ3) is 5.77. The molecule has 1 aliphatic heterocycles. The van der Waals surface area contributed by atoms with E-state index in [1.54, 1.807) is 4.31 Å². The lowest BCUT2D eigenvalue weighted by Gasteiger charge is -2.33. The number of nitrogens with zero attached hydrogens (tertiary/aromatic N) is 1. The molecule has 0 radical (unpaired) electrons. The summed E-state index contributed by atoms with van der Waals surface area (Å²) in [5, 5.41) is 3.40. The highest BCUT2D eigenvalue weighted by molar-refractivity contribution is 7.87. The second-order valence-electron chi connectivity index (χ2n) is 5.86. The molecule has 0 bridgehead atoms. The van der Waals surface area contributed by atoms with Gasteiger partial charge in [-0.3, -0.25) is 0 Å². The molecule has 1 heterocycles. The fourth-order valence-electron chi connectivity index (χ4n) is 2.23. The van der Waals surface area contributed by atoms with Crippen molar-refractivity contribution in [3.8, 4) is 0 Å². The number of nitrogens with one attached hydrogen (secondary N) is 2. The van der Waals surface area contributed by atoms with Crippen molar-refractivity contribution >= 4 is 10.2 Å². The molecule has 0 saturated carbocycles. The maximum Gasteiger partial charge on any atom is 0.279 e. The molecule has 2 N–H and O–H groups in total. The molecule has 114 valence electrons. The zero-order chi connectivity index (χ0) is 14.5. The Balaban J connectivity index is 2.53. The van der Waals surface area contributed by atoms with Crippen LogP contribution in [-0.4, -0.2) is 44.4 Å².